The Labute approximate surface area is 193 Å². The lowest BCUT2D eigenvalue weighted by Crippen LogP contribution is -2.17. The summed E-state index contributed by atoms with van der Waals surface area (Å²) < 4.78 is 23.4. The van der Waals surface area contributed by atoms with Crippen LogP contribution in [0.3, 0.4) is 0 Å². The number of aryl methyl sites for hydroxylation is 3. The minimum absolute atomic E-state index is 0.0294. The van der Waals surface area contributed by atoms with Crippen LogP contribution in [0.4, 0.5) is 15.9 Å². The molecule has 1 fully saturated rings. The van der Waals surface area contributed by atoms with Crippen LogP contribution >= 0.6 is 0 Å². The second kappa shape index (κ2) is 8.25. The van der Waals surface area contributed by atoms with E-state index in [1.165, 1.54) is 21.3 Å². The first kappa shape index (κ1) is 21.6. The van der Waals surface area contributed by atoms with Crippen molar-refractivity contribution in [2.75, 3.05) is 10.6 Å². The first-order valence-corrected chi connectivity index (χ1v) is 10.7. The van der Waals surface area contributed by atoms with E-state index in [-0.39, 0.29) is 23.4 Å². The summed E-state index contributed by atoms with van der Waals surface area (Å²) in [6.07, 6.45) is 3.40. The molecule has 2 N–H and O–H groups in total. The van der Waals surface area contributed by atoms with Crippen molar-refractivity contribution in [2.24, 2.45) is 13.0 Å². The van der Waals surface area contributed by atoms with E-state index in [1.807, 2.05) is 0 Å². The van der Waals surface area contributed by atoms with Crippen molar-refractivity contribution in [3.8, 4) is 11.6 Å². The van der Waals surface area contributed by atoms with E-state index in [9.17, 15) is 14.0 Å². The molecule has 3 heterocycles. The second-order valence-corrected chi connectivity index (χ2v) is 8.31. The molecule has 0 bridgehead atoms. The molecular formula is C23H22FN7O3. The number of anilines is 2. The Morgan fingerprint density at radius 1 is 1.12 bits per heavy atom. The maximum Gasteiger partial charge on any atom is 0.274 e. The van der Waals surface area contributed by atoms with Gasteiger partial charge in [-0.25, -0.2) is 13.9 Å². The van der Waals surface area contributed by atoms with Gasteiger partial charge in [-0.15, -0.1) is 5.10 Å². The van der Waals surface area contributed by atoms with Gasteiger partial charge in [0, 0.05) is 25.1 Å². The van der Waals surface area contributed by atoms with E-state index in [0.29, 0.717) is 34.2 Å². The maximum absolute atomic E-state index is 14.6. The van der Waals surface area contributed by atoms with Crippen LogP contribution in [0.5, 0.6) is 11.6 Å². The molecule has 1 saturated carbocycles. The number of benzene rings is 1. The lowest BCUT2D eigenvalue weighted by atomic mass is 10.2. The van der Waals surface area contributed by atoms with E-state index >= 15 is 0 Å². The zero-order chi connectivity index (χ0) is 24.0. The topological polar surface area (TPSA) is 115 Å². The van der Waals surface area contributed by atoms with Crippen LogP contribution in [-0.4, -0.2) is 36.2 Å². The van der Waals surface area contributed by atoms with Crippen LogP contribution in [0, 0.1) is 25.6 Å². The van der Waals surface area contributed by atoms with Gasteiger partial charge in [-0.3, -0.25) is 14.3 Å². The molecule has 0 aliphatic heterocycles. The quantitative estimate of drug-likeness (QED) is 0.451. The van der Waals surface area contributed by atoms with Crippen molar-refractivity contribution in [1.29, 1.82) is 0 Å². The smallest absolute Gasteiger partial charge is 0.274 e. The van der Waals surface area contributed by atoms with Gasteiger partial charge in [0.2, 0.25) is 11.8 Å². The highest BCUT2D eigenvalue weighted by molar-refractivity contribution is 6.03. The van der Waals surface area contributed by atoms with Crippen molar-refractivity contribution in [3.63, 3.8) is 0 Å². The third-order valence-electron chi connectivity index (χ3n) is 5.46. The number of carbonyl (C=O) groups excluding carboxylic acids is 2. The Morgan fingerprint density at radius 2 is 1.91 bits per heavy atom. The summed E-state index contributed by atoms with van der Waals surface area (Å²) in [6.45, 7) is 3.46. The van der Waals surface area contributed by atoms with Crippen molar-refractivity contribution in [3.05, 3.63) is 59.3 Å². The zero-order valence-electron chi connectivity index (χ0n) is 18.8. The SMILES string of the molecule is Cc1cc(C(=O)Nc2cc(Oc3ccc4nc(NC(=O)C5CC5)cn4n3)c(C)cc2F)n(C)n1. The van der Waals surface area contributed by atoms with Gasteiger partial charge >= 0.3 is 0 Å². The van der Waals surface area contributed by atoms with Gasteiger partial charge in [0.25, 0.3) is 5.91 Å². The fraction of sp³-hybridized carbons (Fsp3) is 0.261. The first-order valence-electron chi connectivity index (χ1n) is 10.7. The van der Waals surface area contributed by atoms with Gasteiger partial charge in [-0.1, -0.05) is 0 Å². The van der Waals surface area contributed by atoms with Gasteiger partial charge in [0.1, 0.15) is 17.3 Å². The van der Waals surface area contributed by atoms with Crippen molar-refractivity contribution in [2.45, 2.75) is 26.7 Å². The fourth-order valence-electron chi connectivity index (χ4n) is 3.53. The Balaban J connectivity index is 1.36. The largest absolute Gasteiger partial charge is 0.437 e. The Kier molecular flexibility index (Phi) is 5.23. The molecule has 0 saturated heterocycles. The molecule has 0 radical (unpaired) electrons. The van der Waals surface area contributed by atoms with Crippen LogP contribution in [0.25, 0.3) is 5.65 Å². The molecule has 34 heavy (non-hydrogen) atoms. The molecule has 174 valence electrons. The summed E-state index contributed by atoms with van der Waals surface area (Å²) in [4.78, 5) is 28.9. The molecule has 1 aromatic carbocycles. The lowest BCUT2D eigenvalue weighted by molar-refractivity contribution is -0.117. The van der Waals surface area contributed by atoms with E-state index in [4.69, 9.17) is 4.74 Å². The number of rotatable bonds is 6. The standard InChI is InChI=1S/C23H22FN7O3/c1-12-8-15(24)16(25-23(33)17-9-13(2)28-30(17)3)10-18(12)34-21-7-6-20-26-19(11-31(20)29-21)27-22(32)14-4-5-14/h6-11,14H,4-5H2,1-3H3,(H,25,33)(H,27,32). The number of imidazole rings is 1. The lowest BCUT2D eigenvalue weighted by Gasteiger charge is -2.12. The molecule has 0 atom stereocenters. The average Bonchev–Trinajstić information content (AvgIpc) is 3.47. The third kappa shape index (κ3) is 4.32. The number of ether oxygens (including phenoxy) is 1. The van der Waals surface area contributed by atoms with Gasteiger partial charge in [0.15, 0.2) is 11.5 Å². The van der Waals surface area contributed by atoms with Crippen molar-refractivity contribution in [1.82, 2.24) is 24.4 Å². The molecule has 10 nitrogen and oxygen atoms in total. The highest BCUT2D eigenvalue weighted by Gasteiger charge is 2.30. The first-order chi connectivity index (χ1) is 16.3. The highest BCUT2D eigenvalue weighted by Crippen LogP contribution is 2.31. The molecule has 1 aliphatic rings. The Bertz CT molecular complexity index is 1440. The molecule has 2 amide bonds. The molecule has 11 heteroatoms. The number of carbonyl (C=O) groups is 2. The van der Waals surface area contributed by atoms with E-state index in [1.54, 1.807) is 45.3 Å². The summed E-state index contributed by atoms with van der Waals surface area (Å²) in [7, 11) is 1.64. The monoisotopic (exact) mass is 463 g/mol. The normalized spacial score (nSPS) is 13.2. The van der Waals surface area contributed by atoms with Crippen molar-refractivity contribution < 1.29 is 18.7 Å². The van der Waals surface area contributed by atoms with Crippen LogP contribution in [0.1, 0.15) is 34.6 Å². The minimum Gasteiger partial charge on any atom is -0.437 e. The van der Waals surface area contributed by atoms with Crippen LogP contribution in [-0.2, 0) is 11.8 Å². The van der Waals surface area contributed by atoms with Gasteiger partial charge in [-0.2, -0.15) is 5.10 Å². The van der Waals surface area contributed by atoms with Crippen molar-refractivity contribution >= 4 is 29.0 Å². The summed E-state index contributed by atoms with van der Waals surface area (Å²) >= 11 is 0. The number of nitrogens with one attached hydrogen (secondary N) is 2. The van der Waals surface area contributed by atoms with Crippen LogP contribution < -0.4 is 15.4 Å². The number of nitrogens with zero attached hydrogens (tertiary/aromatic N) is 5. The molecule has 3 aromatic heterocycles. The predicted molar refractivity (Wildman–Crippen MR) is 121 cm³/mol. The predicted octanol–water partition coefficient (Wildman–Crippen LogP) is 3.61. The summed E-state index contributed by atoms with van der Waals surface area (Å²) in [5, 5.41) is 13.9. The Hall–Kier alpha value is -4.28. The number of aromatic nitrogens is 5. The summed E-state index contributed by atoms with van der Waals surface area (Å²) in [5.74, 6) is -0.0877. The van der Waals surface area contributed by atoms with E-state index in [2.05, 4.69) is 25.8 Å². The summed E-state index contributed by atoms with van der Waals surface area (Å²) in [5.41, 5.74) is 2.01. The number of amides is 2. The second-order valence-electron chi connectivity index (χ2n) is 8.31. The average molecular weight is 463 g/mol. The number of fused-ring (bicyclic) bond motifs is 1. The molecule has 5 rings (SSSR count). The molecular weight excluding hydrogens is 441 g/mol. The molecule has 1 aliphatic carbocycles. The minimum atomic E-state index is -0.592. The third-order valence-corrected chi connectivity index (χ3v) is 5.46. The number of hydrogen-bond donors (Lipinski definition) is 2. The molecule has 0 unspecified atom stereocenters. The van der Waals surface area contributed by atoms with Gasteiger partial charge in [0.05, 0.1) is 17.6 Å². The van der Waals surface area contributed by atoms with Gasteiger partial charge in [-0.05, 0) is 50.5 Å². The highest BCUT2D eigenvalue weighted by atomic mass is 19.1. The molecule has 0 spiro atoms. The van der Waals surface area contributed by atoms with Crippen LogP contribution in [0.15, 0.2) is 36.5 Å². The summed E-state index contributed by atoms with van der Waals surface area (Å²) in [6, 6.07) is 7.62. The van der Waals surface area contributed by atoms with E-state index < -0.39 is 11.7 Å². The molecule has 4 aromatic rings. The number of hydrogen-bond acceptors (Lipinski definition) is 6. The Morgan fingerprint density at radius 3 is 2.62 bits per heavy atom. The van der Waals surface area contributed by atoms with E-state index in [0.717, 1.165) is 12.8 Å². The van der Waals surface area contributed by atoms with Gasteiger partial charge < -0.3 is 15.4 Å². The fourth-order valence-corrected chi connectivity index (χ4v) is 3.53. The number of halogens is 1. The maximum atomic E-state index is 14.6. The van der Waals surface area contributed by atoms with Crippen LogP contribution in [0.2, 0.25) is 0 Å². The zero-order valence-corrected chi connectivity index (χ0v) is 18.8.